The number of phosphoric acid groups is 2. The summed E-state index contributed by atoms with van der Waals surface area (Å²) < 4.78 is 51.8. The van der Waals surface area contributed by atoms with Crippen molar-refractivity contribution in [3.05, 3.63) is 22.7 Å². The van der Waals surface area contributed by atoms with Crippen LogP contribution in [0.2, 0.25) is 0 Å². The molecule has 2 heterocycles. The summed E-state index contributed by atoms with van der Waals surface area (Å²) >= 11 is 1.53. The number of aromatic nitrogens is 2. The fourth-order valence-corrected chi connectivity index (χ4v) is 10.3. The van der Waals surface area contributed by atoms with Crippen molar-refractivity contribution in [2.75, 3.05) is 30.5 Å². The predicted molar refractivity (Wildman–Crippen MR) is 240 cm³/mol. The van der Waals surface area contributed by atoms with Crippen LogP contribution in [-0.2, 0) is 36.8 Å². The van der Waals surface area contributed by atoms with Crippen LogP contribution >= 0.6 is 27.4 Å². The van der Waals surface area contributed by atoms with Crippen LogP contribution in [0.15, 0.2) is 17.1 Å². The van der Waals surface area contributed by atoms with E-state index in [1.165, 1.54) is 140 Å². The van der Waals surface area contributed by atoms with E-state index in [0.29, 0.717) is 6.42 Å². The number of aliphatic hydroxyl groups excluding tert-OH is 2. The third-order valence-corrected chi connectivity index (χ3v) is 14.5. The molecule has 7 atom stereocenters. The molecule has 1 aromatic heterocycles. The second kappa shape index (κ2) is 33.2. The number of rotatable bonds is 39. The van der Waals surface area contributed by atoms with Gasteiger partial charge in [-0.25, -0.2) is 13.9 Å². The standard InChI is InChI=1S/C42H79N3O13P2S/c1-3-5-7-9-11-13-15-16-17-19-21-23-25-27-31-61-34-35(56-38(46)28-26-24-22-20-18-14-12-10-8-6-4-2)32-54-59(50,51)58-60(52,53)55-33-36-39(47)40(48)41(57-36)45-30-29-37(43)44-42(45)49/h29-30,35-36,39-41,47-48H,3-28,31-34H2,1-2H3,(H,50,51)(H,52,53)(H2,43,44,49)/t35?,36-,39-,40+,41?/m1/s1. The van der Waals surface area contributed by atoms with Crippen molar-refractivity contribution >= 4 is 39.2 Å². The second-order valence-electron chi connectivity index (χ2n) is 16.3. The number of thioether (sulfide) groups is 1. The number of anilines is 1. The molecular formula is C42H79N3O13P2S. The van der Waals surface area contributed by atoms with E-state index in [4.69, 9.17) is 24.3 Å². The van der Waals surface area contributed by atoms with Crippen LogP contribution < -0.4 is 11.4 Å². The fourth-order valence-electron chi connectivity index (χ4n) is 7.15. The van der Waals surface area contributed by atoms with E-state index in [9.17, 15) is 38.7 Å². The van der Waals surface area contributed by atoms with E-state index < -0.39 is 71.2 Å². The Kier molecular flexibility index (Phi) is 30.3. The predicted octanol–water partition coefficient (Wildman–Crippen LogP) is 9.52. The molecule has 19 heteroatoms. The van der Waals surface area contributed by atoms with Crippen molar-refractivity contribution in [2.45, 2.75) is 211 Å². The number of hydrogen-bond donors (Lipinski definition) is 5. The normalized spacial score (nSPS) is 20.4. The van der Waals surface area contributed by atoms with Crippen molar-refractivity contribution < 1.29 is 56.8 Å². The first-order valence-electron chi connectivity index (χ1n) is 23.1. The fraction of sp³-hybridized carbons (Fsp3) is 0.881. The summed E-state index contributed by atoms with van der Waals surface area (Å²) in [5.41, 5.74) is 4.62. The maximum atomic E-state index is 12.8. The van der Waals surface area contributed by atoms with Crippen LogP contribution in [0.5, 0.6) is 0 Å². The lowest BCUT2D eigenvalue weighted by Gasteiger charge is -2.21. The lowest BCUT2D eigenvalue weighted by molar-refractivity contribution is -0.149. The molecule has 0 saturated carbocycles. The molecule has 0 amide bonds. The molecule has 0 spiro atoms. The Morgan fingerprint density at radius 1 is 0.770 bits per heavy atom. The molecule has 1 aliphatic heterocycles. The van der Waals surface area contributed by atoms with Gasteiger partial charge in [0.15, 0.2) is 6.23 Å². The molecule has 16 nitrogen and oxygen atoms in total. The Bertz CT molecular complexity index is 1460. The van der Waals surface area contributed by atoms with Gasteiger partial charge in [0.25, 0.3) is 0 Å². The molecule has 0 bridgehead atoms. The van der Waals surface area contributed by atoms with Gasteiger partial charge in [-0.2, -0.15) is 21.1 Å². The summed E-state index contributed by atoms with van der Waals surface area (Å²) in [6.07, 6.45) is 24.3. The average molecular weight is 928 g/mol. The molecule has 0 radical (unpaired) electrons. The first kappa shape index (κ1) is 55.8. The number of hydrogen-bond acceptors (Lipinski definition) is 14. The molecule has 356 valence electrons. The smallest absolute Gasteiger partial charge is 0.459 e. The third-order valence-electron chi connectivity index (χ3n) is 10.7. The van der Waals surface area contributed by atoms with Gasteiger partial charge in [0.1, 0.15) is 30.2 Å². The largest absolute Gasteiger partial charge is 0.481 e. The van der Waals surface area contributed by atoms with Crippen LogP contribution in [-0.4, -0.2) is 84.7 Å². The quantitative estimate of drug-likeness (QED) is 0.0235. The van der Waals surface area contributed by atoms with Crippen molar-refractivity contribution in [1.29, 1.82) is 0 Å². The first-order chi connectivity index (χ1) is 29.3. The summed E-state index contributed by atoms with van der Waals surface area (Å²) in [4.78, 5) is 49.2. The van der Waals surface area contributed by atoms with Gasteiger partial charge in [-0.15, -0.1) is 0 Å². The second-order valence-corrected chi connectivity index (χ2v) is 20.5. The molecule has 0 aliphatic carbocycles. The van der Waals surface area contributed by atoms with Crippen molar-refractivity contribution in [3.8, 4) is 0 Å². The molecular weight excluding hydrogens is 848 g/mol. The van der Waals surface area contributed by atoms with Crippen LogP contribution in [0, 0.1) is 0 Å². The van der Waals surface area contributed by atoms with E-state index in [0.717, 1.165) is 48.8 Å². The van der Waals surface area contributed by atoms with E-state index in [1.54, 1.807) is 0 Å². The van der Waals surface area contributed by atoms with Gasteiger partial charge in [-0.3, -0.25) is 18.4 Å². The number of carbonyl (C=O) groups excluding carboxylic acids is 1. The molecule has 1 saturated heterocycles. The van der Waals surface area contributed by atoms with E-state index in [1.807, 2.05) is 0 Å². The van der Waals surface area contributed by atoms with Gasteiger partial charge >= 0.3 is 27.3 Å². The Morgan fingerprint density at radius 2 is 1.25 bits per heavy atom. The van der Waals surface area contributed by atoms with Gasteiger partial charge in [-0.1, -0.05) is 162 Å². The number of ether oxygens (including phenoxy) is 2. The minimum absolute atomic E-state index is 0.0776. The van der Waals surface area contributed by atoms with Gasteiger partial charge < -0.3 is 35.2 Å². The van der Waals surface area contributed by atoms with Gasteiger partial charge in [0.05, 0.1) is 13.2 Å². The average Bonchev–Trinajstić information content (AvgIpc) is 3.49. The van der Waals surface area contributed by atoms with Crippen molar-refractivity contribution in [1.82, 2.24) is 9.55 Å². The first-order valence-corrected chi connectivity index (χ1v) is 27.2. The highest BCUT2D eigenvalue weighted by Crippen LogP contribution is 2.60. The number of nitrogens with zero attached hydrogens (tertiary/aromatic N) is 2. The van der Waals surface area contributed by atoms with Gasteiger partial charge in [-0.05, 0) is 24.7 Å². The minimum atomic E-state index is -5.32. The summed E-state index contributed by atoms with van der Waals surface area (Å²) in [6.45, 7) is 3.00. The monoisotopic (exact) mass is 927 g/mol. The molecule has 1 aliphatic rings. The summed E-state index contributed by atoms with van der Waals surface area (Å²) in [7, 11) is -10.6. The number of nitrogens with two attached hydrogens (primary N) is 1. The molecule has 0 aromatic carbocycles. The van der Waals surface area contributed by atoms with Crippen LogP contribution in [0.3, 0.4) is 0 Å². The highest BCUT2D eigenvalue weighted by Gasteiger charge is 2.46. The molecule has 2 rings (SSSR count). The highest BCUT2D eigenvalue weighted by atomic mass is 32.2. The number of unbranched alkanes of at least 4 members (excludes halogenated alkanes) is 23. The molecule has 1 aromatic rings. The lowest BCUT2D eigenvalue weighted by atomic mass is 10.0. The summed E-state index contributed by atoms with van der Waals surface area (Å²) in [5, 5.41) is 20.9. The molecule has 61 heavy (non-hydrogen) atoms. The van der Waals surface area contributed by atoms with Crippen molar-refractivity contribution in [3.63, 3.8) is 0 Å². The Labute approximate surface area is 369 Å². The van der Waals surface area contributed by atoms with E-state index in [-0.39, 0.29) is 18.0 Å². The van der Waals surface area contributed by atoms with E-state index in [2.05, 4.69) is 23.1 Å². The zero-order valence-corrected chi connectivity index (χ0v) is 39.6. The number of nitrogen functional groups attached to an aromatic ring is 1. The minimum Gasteiger partial charge on any atom is -0.459 e. The Hall–Kier alpha value is -1.36. The van der Waals surface area contributed by atoms with Crippen molar-refractivity contribution in [2.24, 2.45) is 0 Å². The number of phosphoric ester groups is 2. The zero-order chi connectivity index (χ0) is 44.8. The lowest BCUT2D eigenvalue weighted by Crippen LogP contribution is -2.36. The van der Waals surface area contributed by atoms with Gasteiger partial charge in [0.2, 0.25) is 0 Å². The Balaban J connectivity index is 1.79. The Morgan fingerprint density at radius 3 is 1.75 bits per heavy atom. The van der Waals surface area contributed by atoms with Crippen LogP contribution in [0.25, 0.3) is 0 Å². The zero-order valence-electron chi connectivity index (χ0n) is 37.0. The topological polar surface area (TPSA) is 239 Å². The maximum Gasteiger partial charge on any atom is 0.481 e. The van der Waals surface area contributed by atoms with Crippen LogP contribution in [0.1, 0.15) is 187 Å². The van der Waals surface area contributed by atoms with E-state index >= 15 is 0 Å². The van der Waals surface area contributed by atoms with Crippen LogP contribution in [0.4, 0.5) is 5.82 Å². The maximum absolute atomic E-state index is 12.8. The van der Waals surface area contributed by atoms with Gasteiger partial charge in [0, 0.05) is 18.4 Å². The number of aliphatic hydroxyl groups is 2. The summed E-state index contributed by atoms with van der Waals surface area (Å²) in [6, 6.07) is 1.27. The number of carbonyl (C=O) groups is 1. The summed E-state index contributed by atoms with van der Waals surface area (Å²) in [5.74, 6) is 0.541. The third kappa shape index (κ3) is 26.3. The SMILES string of the molecule is CCCCCCCCCCCCCCCCSCC(COP(=O)(O)OP(=O)(O)OC[C@H]1OC(n2ccc(N)nc2=O)[C@@H](O)[C@@H]1O)OC(=O)CCCCCCCCCCCCC. The molecule has 1 fully saturated rings. The molecule has 4 unspecified atom stereocenters. The molecule has 6 N–H and O–H groups in total. The number of esters is 1. The highest BCUT2D eigenvalue weighted by molar-refractivity contribution is 7.99.